The first-order chi connectivity index (χ1) is 21.9. The summed E-state index contributed by atoms with van der Waals surface area (Å²) in [6.07, 6.45) is 10.1. The Balaban J connectivity index is 1.42. The molecule has 6 atom stereocenters. The van der Waals surface area contributed by atoms with Crippen LogP contribution >= 0.6 is 0 Å². The van der Waals surface area contributed by atoms with Crippen molar-refractivity contribution in [2.24, 2.45) is 23.2 Å². The van der Waals surface area contributed by atoms with Crippen molar-refractivity contribution in [3.8, 4) is 11.6 Å². The van der Waals surface area contributed by atoms with Crippen LogP contribution in [0.5, 0.6) is 11.6 Å². The zero-order valence-electron chi connectivity index (χ0n) is 28.5. The third-order valence-corrected chi connectivity index (χ3v) is 11.6. The summed E-state index contributed by atoms with van der Waals surface area (Å²) in [5.74, 6) is 0.106. The van der Waals surface area contributed by atoms with E-state index in [9.17, 15) is 14.4 Å². The highest BCUT2D eigenvalue weighted by atomic mass is 16.6. The number of esters is 1. The van der Waals surface area contributed by atoms with E-state index in [1.165, 1.54) is 0 Å². The molecule has 4 aliphatic rings. The van der Waals surface area contributed by atoms with Crippen LogP contribution in [0.4, 0.5) is 0 Å². The Morgan fingerprint density at radius 3 is 2.48 bits per heavy atom. The number of methoxy groups -OCH3 is 1. The van der Waals surface area contributed by atoms with Crippen LogP contribution in [0.2, 0.25) is 0 Å². The number of aldehydes is 1. The van der Waals surface area contributed by atoms with Gasteiger partial charge in [-0.25, -0.2) is 9.97 Å². The predicted molar refractivity (Wildman–Crippen MR) is 175 cm³/mol. The number of nitrogens with zero attached hydrogens (tertiary/aromatic N) is 3. The topological polar surface area (TPSA) is 108 Å². The second-order valence-corrected chi connectivity index (χ2v) is 15.6. The molecule has 6 rings (SSSR count). The van der Waals surface area contributed by atoms with E-state index in [0.717, 1.165) is 75.3 Å². The molecule has 2 aromatic rings. The molecule has 1 aromatic heterocycles. The van der Waals surface area contributed by atoms with Crippen molar-refractivity contribution in [1.29, 1.82) is 0 Å². The molecule has 3 fully saturated rings. The van der Waals surface area contributed by atoms with E-state index in [4.69, 9.17) is 24.2 Å². The van der Waals surface area contributed by atoms with Gasteiger partial charge in [0.05, 0.1) is 43.1 Å². The van der Waals surface area contributed by atoms with Gasteiger partial charge in [0.2, 0.25) is 11.8 Å². The lowest BCUT2D eigenvalue weighted by atomic mass is 9.77. The minimum atomic E-state index is -0.658. The van der Waals surface area contributed by atoms with Crippen molar-refractivity contribution in [3.05, 3.63) is 23.9 Å². The van der Waals surface area contributed by atoms with Crippen molar-refractivity contribution in [2.45, 2.75) is 128 Å². The van der Waals surface area contributed by atoms with E-state index in [0.29, 0.717) is 29.5 Å². The molecule has 2 aliphatic carbocycles. The normalized spacial score (nSPS) is 31.8. The van der Waals surface area contributed by atoms with Crippen molar-refractivity contribution in [1.82, 2.24) is 14.9 Å². The lowest BCUT2D eigenvalue weighted by molar-refractivity contribution is -0.167. The highest BCUT2D eigenvalue weighted by molar-refractivity contribution is 5.87. The number of rotatable bonds is 3. The van der Waals surface area contributed by atoms with Gasteiger partial charge in [-0.1, -0.05) is 40.5 Å². The van der Waals surface area contributed by atoms with Gasteiger partial charge in [0.1, 0.15) is 29.4 Å². The summed E-state index contributed by atoms with van der Waals surface area (Å²) in [6, 6.07) is 5.07. The van der Waals surface area contributed by atoms with Crippen molar-refractivity contribution < 1.29 is 28.6 Å². The highest BCUT2D eigenvalue weighted by Crippen LogP contribution is 2.55. The van der Waals surface area contributed by atoms with Crippen LogP contribution in [0, 0.1) is 23.2 Å². The van der Waals surface area contributed by atoms with Gasteiger partial charge in [-0.2, -0.15) is 0 Å². The smallest absolute Gasteiger partial charge is 0.307 e. The van der Waals surface area contributed by atoms with E-state index < -0.39 is 29.1 Å². The van der Waals surface area contributed by atoms with Crippen LogP contribution in [-0.2, 0) is 24.5 Å². The van der Waals surface area contributed by atoms with Crippen molar-refractivity contribution in [3.63, 3.8) is 0 Å². The minimum Gasteiger partial charge on any atom is -0.497 e. The average molecular weight is 634 g/mol. The fraction of sp³-hybridized carbons (Fsp3) is 0.703. The second-order valence-electron chi connectivity index (χ2n) is 15.6. The maximum atomic E-state index is 14.4. The summed E-state index contributed by atoms with van der Waals surface area (Å²) in [5.41, 5.74) is 1.23. The first kappa shape index (κ1) is 32.7. The maximum Gasteiger partial charge on any atom is 0.307 e. The molecule has 1 aromatic carbocycles. The number of amides is 1. The summed E-state index contributed by atoms with van der Waals surface area (Å²) in [5, 5.41) is 0. The first-order valence-corrected chi connectivity index (χ1v) is 17.4. The van der Waals surface area contributed by atoms with Gasteiger partial charge in [0, 0.05) is 17.4 Å². The molecule has 9 heteroatoms. The third-order valence-electron chi connectivity index (χ3n) is 11.6. The number of hydrogen-bond donors (Lipinski definition) is 0. The van der Waals surface area contributed by atoms with Crippen LogP contribution in [-0.4, -0.2) is 64.4 Å². The van der Waals surface area contributed by atoms with Crippen LogP contribution in [0.1, 0.15) is 111 Å². The Morgan fingerprint density at radius 1 is 1.04 bits per heavy atom. The third kappa shape index (κ3) is 6.11. The Kier molecular flexibility index (Phi) is 8.83. The zero-order chi connectivity index (χ0) is 32.9. The van der Waals surface area contributed by atoms with E-state index in [2.05, 4.69) is 6.92 Å². The minimum absolute atomic E-state index is 0.0142. The fourth-order valence-electron chi connectivity index (χ4n) is 8.49. The molecular weight excluding hydrogens is 582 g/mol. The SMILES string of the molecule is CC[C@@H]1[C@@H]2CN(C(=O)[C@H](C(C)(C)C)CC(=O)O[C@]3(C)CCC[C@H]3CCCCC3(CC3)c3nc4ccc(OC)cc4nc3O2)[C@@H]1C=O. The lowest BCUT2D eigenvalue weighted by Crippen LogP contribution is -2.47. The summed E-state index contributed by atoms with van der Waals surface area (Å²) >= 11 is 0. The van der Waals surface area contributed by atoms with Gasteiger partial charge in [-0.05, 0) is 81.8 Å². The Labute approximate surface area is 273 Å². The maximum absolute atomic E-state index is 14.4. The number of ether oxygens (including phenoxy) is 3. The lowest BCUT2D eigenvalue weighted by Gasteiger charge is -2.36. The van der Waals surface area contributed by atoms with E-state index in [1.54, 1.807) is 12.0 Å². The van der Waals surface area contributed by atoms with Crippen LogP contribution in [0.25, 0.3) is 11.0 Å². The Morgan fingerprint density at radius 2 is 1.80 bits per heavy atom. The number of aromatic nitrogens is 2. The standard InChI is InChI=1S/C37H51N3O6/c1-7-25-29(22-41)40-21-30(25)45-33-32(38-27-14-13-24(44-6)19-28(27)39-33)37(17-18-37)16-9-8-11-23-12-10-15-36(23,5)46-31(42)20-26(34(40)43)35(2,3)4/h13-14,19,22-23,25-26,29-30H,7-12,15-18,20-21H2,1-6H3/t23-,25+,26-,29-,30+,36-/m1/s1. The molecule has 1 spiro atoms. The number of benzene rings is 1. The number of carbonyl (C=O) groups excluding carboxylic acids is 3. The van der Waals surface area contributed by atoms with E-state index >= 15 is 0 Å². The average Bonchev–Trinajstić information content (AvgIpc) is 3.59. The molecular formula is C37H51N3O6. The molecule has 0 radical (unpaired) electrons. The number of fused-ring (bicyclic) bond motifs is 6. The zero-order valence-corrected chi connectivity index (χ0v) is 28.5. The highest BCUT2D eigenvalue weighted by Gasteiger charge is 2.52. The van der Waals surface area contributed by atoms with E-state index in [1.807, 2.05) is 45.9 Å². The molecule has 250 valence electrons. The first-order valence-electron chi connectivity index (χ1n) is 17.4. The molecule has 1 saturated heterocycles. The predicted octanol–water partition coefficient (Wildman–Crippen LogP) is 6.58. The van der Waals surface area contributed by atoms with Crippen molar-refractivity contribution in [2.75, 3.05) is 13.7 Å². The molecule has 0 N–H and O–H groups in total. The summed E-state index contributed by atoms with van der Waals surface area (Å²) in [7, 11) is 1.63. The Hall–Kier alpha value is -3.23. The largest absolute Gasteiger partial charge is 0.497 e. The van der Waals surface area contributed by atoms with Crippen LogP contribution in [0.15, 0.2) is 18.2 Å². The van der Waals surface area contributed by atoms with Gasteiger partial charge >= 0.3 is 5.97 Å². The van der Waals surface area contributed by atoms with Crippen LogP contribution in [0.3, 0.4) is 0 Å². The molecule has 46 heavy (non-hydrogen) atoms. The monoisotopic (exact) mass is 633 g/mol. The quantitative estimate of drug-likeness (QED) is 0.276. The van der Waals surface area contributed by atoms with Gasteiger partial charge < -0.3 is 23.9 Å². The molecule has 2 bridgehead atoms. The molecule has 0 unspecified atom stereocenters. The second kappa shape index (κ2) is 12.4. The van der Waals surface area contributed by atoms with Gasteiger partial charge in [0.15, 0.2) is 0 Å². The van der Waals surface area contributed by atoms with E-state index in [-0.39, 0.29) is 36.2 Å². The fourth-order valence-corrected chi connectivity index (χ4v) is 8.49. The van der Waals surface area contributed by atoms with Gasteiger partial charge in [-0.15, -0.1) is 0 Å². The Bertz CT molecular complexity index is 1480. The molecule has 1 amide bonds. The molecule has 2 aliphatic heterocycles. The summed E-state index contributed by atoms with van der Waals surface area (Å²) in [6.45, 7) is 10.3. The molecule has 9 nitrogen and oxygen atoms in total. The van der Waals surface area contributed by atoms with Gasteiger partial charge in [-0.3, -0.25) is 9.59 Å². The number of hydrogen-bond acceptors (Lipinski definition) is 8. The van der Waals surface area contributed by atoms with Crippen LogP contribution < -0.4 is 9.47 Å². The van der Waals surface area contributed by atoms with Gasteiger partial charge in [0.25, 0.3) is 0 Å². The summed E-state index contributed by atoms with van der Waals surface area (Å²) in [4.78, 5) is 52.5. The number of carbonyl (C=O) groups is 3. The summed E-state index contributed by atoms with van der Waals surface area (Å²) < 4.78 is 18.6. The molecule has 2 saturated carbocycles. The van der Waals surface area contributed by atoms with Crippen molar-refractivity contribution >= 4 is 29.2 Å². The molecule has 3 heterocycles.